The smallest absolute Gasteiger partial charge is 0.137 e. The summed E-state index contributed by atoms with van der Waals surface area (Å²) >= 11 is 6.05. The van der Waals surface area contributed by atoms with Crippen LogP contribution in [0.25, 0.3) is 0 Å². The summed E-state index contributed by atoms with van der Waals surface area (Å²) in [6.07, 6.45) is 0. The summed E-state index contributed by atoms with van der Waals surface area (Å²) in [6.45, 7) is 0. The number of hydrogen-bond acceptors (Lipinski definition) is 3. The van der Waals surface area contributed by atoms with Gasteiger partial charge >= 0.3 is 0 Å². The molecule has 21 heavy (non-hydrogen) atoms. The van der Waals surface area contributed by atoms with Gasteiger partial charge < -0.3 is 4.74 Å². The highest BCUT2D eigenvalue weighted by Crippen LogP contribution is 2.25. The van der Waals surface area contributed by atoms with Gasteiger partial charge in [0.15, 0.2) is 0 Å². The first-order chi connectivity index (χ1) is 10.1. The minimum Gasteiger partial charge on any atom is -0.495 e. The van der Waals surface area contributed by atoms with Gasteiger partial charge in [0.1, 0.15) is 5.75 Å². The van der Waals surface area contributed by atoms with Gasteiger partial charge in [-0.15, -0.1) is 0 Å². The van der Waals surface area contributed by atoms with Gasteiger partial charge in [0, 0.05) is 22.3 Å². The monoisotopic (exact) mass is 319 g/mol. The van der Waals surface area contributed by atoms with Crippen molar-refractivity contribution in [1.82, 2.24) is 0 Å². The number of halogens is 1. The number of hydrogen-bond donors (Lipinski definition) is 0. The van der Waals surface area contributed by atoms with Crippen molar-refractivity contribution < 1.29 is 8.95 Å². The van der Waals surface area contributed by atoms with Crippen LogP contribution in [0.15, 0.2) is 42.5 Å². The molecule has 0 aliphatic heterocycles. The Morgan fingerprint density at radius 3 is 2.52 bits per heavy atom. The van der Waals surface area contributed by atoms with Crippen LogP contribution in [0.3, 0.4) is 0 Å². The van der Waals surface area contributed by atoms with Crippen LogP contribution in [0.5, 0.6) is 5.75 Å². The lowest BCUT2D eigenvalue weighted by atomic mass is 10.2. The fourth-order valence-corrected chi connectivity index (χ4v) is 3.44. The maximum absolute atomic E-state index is 12.2. The molecular weight excluding hydrogens is 306 g/mol. The van der Waals surface area contributed by atoms with Gasteiger partial charge in [0.05, 0.1) is 23.8 Å². The van der Waals surface area contributed by atoms with Crippen molar-refractivity contribution in [3.63, 3.8) is 0 Å². The number of ether oxygens (including phenoxy) is 1. The third kappa shape index (κ3) is 4.32. The lowest BCUT2D eigenvalue weighted by Crippen LogP contribution is -2.00. The first-order valence-corrected chi connectivity index (χ1v) is 8.15. The van der Waals surface area contributed by atoms with E-state index in [1.807, 2.05) is 12.1 Å². The molecule has 2 aromatic rings. The summed E-state index contributed by atoms with van der Waals surface area (Å²) in [5, 5.41) is 9.37. The third-order valence-corrected chi connectivity index (χ3v) is 4.53. The molecule has 2 aromatic carbocycles. The zero-order chi connectivity index (χ0) is 15.2. The highest BCUT2D eigenvalue weighted by atomic mass is 35.5. The molecule has 0 radical (unpaired) electrons. The number of methoxy groups -OCH3 is 1. The third-order valence-electron chi connectivity index (χ3n) is 2.93. The van der Waals surface area contributed by atoms with Crippen molar-refractivity contribution in [2.45, 2.75) is 11.5 Å². The van der Waals surface area contributed by atoms with Crippen LogP contribution in [0.4, 0.5) is 0 Å². The molecule has 0 saturated carbocycles. The first kappa shape index (κ1) is 15.6. The molecule has 0 heterocycles. The molecule has 0 saturated heterocycles. The molecule has 0 aliphatic rings. The van der Waals surface area contributed by atoms with Crippen LogP contribution in [-0.2, 0) is 22.3 Å². The summed E-state index contributed by atoms with van der Waals surface area (Å²) in [7, 11) is 0.499. The lowest BCUT2D eigenvalue weighted by Gasteiger charge is -2.07. The predicted octanol–water partition coefficient (Wildman–Crippen LogP) is 3.67. The molecule has 2 rings (SSSR count). The van der Waals surface area contributed by atoms with E-state index in [-0.39, 0.29) is 0 Å². The summed E-state index contributed by atoms with van der Waals surface area (Å²) in [5.74, 6) is 1.44. The fraction of sp³-hybridized carbons (Fsp3) is 0.188. The van der Waals surface area contributed by atoms with E-state index in [2.05, 4.69) is 6.07 Å². The lowest BCUT2D eigenvalue weighted by molar-refractivity contribution is 0.415. The Hall–Kier alpha value is -1.83. The van der Waals surface area contributed by atoms with Crippen molar-refractivity contribution in [3.8, 4) is 11.8 Å². The second kappa shape index (κ2) is 7.26. The van der Waals surface area contributed by atoms with Gasteiger partial charge in [0.2, 0.25) is 0 Å². The molecule has 0 spiro atoms. The van der Waals surface area contributed by atoms with Crippen LogP contribution >= 0.6 is 11.6 Å². The van der Waals surface area contributed by atoms with Crippen LogP contribution in [0, 0.1) is 11.3 Å². The molecule has 0 bridgehead atoms. The molecule has 3 nitrogen and oxygen atoms in total. The number of nitrogens with zero attached hydrogens (tertiary/aromatic N) is 1. The Morgan fingerprint density at radius 1 is 1.19 bits per heavy atom. The molecule has 108 valence electrons. The van der Waals surface area contributed by atoms with E-state index < -0.39 is 10.8 Å². The standard InChI is InChI=1S/C16H14ClNO2S/c1-20-16-6-5-14(8-15(16)17)11-21(19)10-13-4-2-3-12(7-13)9-18/h2-8H,10-11H2,1H3. The summed E-state index contributed by atoms with van der Waals surface area (Å²) in [4.78, 5) is 0. The minimum atomic E-state index is -1.06. The van der Waals surface area contributed by atoms with Crippen molar-refractivity contribution in [2.75, 3.05) is 7.11 Å². The molecular formula is C16H14ClNO2S. The van der Waals surface area contributed by atoms with E-state index in [0.717, 1.165) is 11.1 Å². The van der Waals surface area contributed by atoms with Crippen molar-refractivity contribution >= 4 is 22.4 Å². The zero-order valence-corrected chi connectivity index (χ0v) is 13.1. The van der Waals surface area contributed by atoms with E-state index in [1.165, 1.54) is 0 Å². The van der Waals surface area contributed by atoms with Gasteiger partial charge in [-0.1, -0.05) is 29.8 Å². The van der Waals surface area contributed by atoms with Gasteiger partial charge in [-0.3, -0.25) is 4.21 Å². The van der Waals surface area contributed by atoms with Crippen LogP contribution in [-0.4, -0.2) is 11.3 Å². The second-order valence-electron chi connectivity index (χ2n) is 4.51. The van der Waals surface area contributed by atoms with E-state index in [4.69, 9.17) is 21.6 Å². The predicted molar refractivity (Wildman–Crippen MR) is 84.7 cm³/mol. The number of benzene rings is 2. The summed E-state index contributed by atoms with van der Waals surface area (Å²) in [5.41, 5.74) is 2.37. The Morgan fingerprint density at radius 2 is 1.90 bits per heavy atom. The van der Waals surface area contributed by atoms with E-state index in [0.29, 0.717) is 27.8 Å². The fourth-order valence-electron chi connectivity index (χ4n) is 1.95. The Kier molecular flexibility index (Phi) is 5.38. The molecule has 5 heteroatoms. The average molecular weight is 320 g/mol. The van der Waals surface area contributed by atoms with Gasteiger partial charge in [-0.2, -0.15) is 5.26 Å². The maximum atomic E-state index is 12.2. The molecule has 0 N–H and O–H groups in total. The molecule has 1 unspecified atom stereocenters. The highest BCUT2D eigenvalue weighted by molar-refractivity contribution is 7.83. The first-order valence-electron chi connectivity index (χ1n) is 6.29. The summed E-state index contributed by atoms with van der Waals surface area (Å²) in [6, 6.07) is 14.6. The number of nitriles is 1. The van der Waals surface area contributed by atoms with E-state index in [9.17, 15) is 4.21 Å². The van der Waals surface area contributed by atoms with Crippen molar-refractivity contribution in [1.29, 1.82) is 5.26 Å². The molecule has 0 fully saturated rings. The number of rotatable bonds is 5. The van der Waals surface area contributed by atoms with E-state index >= 15 is 0 Å². The summed E-state index contributed by atoms with van der Waals surface area (Å²) < 4.78 is 17.3. The quantitative estimate of drug-likeness (QED) is 0.845. The largest absolute Gasteiger partial charge is 0.495 e. The van der Waals surface area contributed by atoms with Crippen molar-refractivity contribution in [2.24, 2.45) is 0 Å². The molecule has 0 aromatic heterocycles. The Balaban J connectivity index is 2.04. The molecule has 1 atom stereocenters. The average Bonchev–Trinajstić information content (AvgIpc) is 2.47. The van der Waals surface area contributed by atoms with Gasteiger partial charge in [-0.25, -0.2) is 0 Å². The normalized spacial score (nSPS) is 11.7. The minimum absolute atomic E-state index is 0.416. The zero-order valence-electron chi connectivity index (χ0n) is 11.5. The molecule has 0 aliphatic carbocycles. The topological polar surface area (TPSA) is 50.1 Å². The Labute approximate surface area is 131 Å². The Bertz CT molecular complexity index is 710. The van der Waals surface area contributed by atoms with Crippen molar-refractivity contribution in [3.05, 3.63) is 64.2 Å². The second-order valence-corrected chi connectivity index (χ2v) is 6.37. The van der Waals surface area contributed by atoms with E-state index in [1.54, 1.807) is 37.4 Å². The van der Waals surface area contributed by atoms with Gasteiger partial charge in [0.25, 0.3) is 0 Å². The highest BCUT2D eigenvalue weighted by Gasteiger charge is 2.07. The van der Waals surface area contributed by atoms with Gasteiger partial charge in [-0.05, 0) is 35.4 Å². The molecule has 0 amide bonds. The SMILES string of the molecule is COc1ccc(CS(=O)Cc2cccc(C#N)c2)cc1Cl. The van der Waals surface area contributed by atoms with Crippen LogP contribution < -0.4 is 4.74 Å². The van der Waals surface area contributed by atoms with Crippen LogP contribution in [0.1, 0.15) is 16.7 Å². The maximum Gasteiger partial charge on any atom is 0.137 e. The van der Waals surface area contributed by atoms with Crippen LogP contribution in [0.2, 0.25) is 5.02 Å².